The Balaban J connectivity index is 0.000000423. The van der Waals surface area contributed by atoms with Gasteiger partial charge < -0.3 is 19.5 Å². The van der Waals surface area contributed by atoms with Crippen LogP contribution in [0.5, 0.6) is 0 Å². The number of hydrogen-bond donors (Lipinski definition) is 1. The summed E-state index contributed by atoms with van der Waals surface area (Å²) < 4.78 is 42.3. The Hall–Kier alpha value is -1.69. The zero-order chi connectivity index (χ0) is 23.1. The van der Waals surface area contributed by atoms with Crippen LogP contribution in [0.25, 0.3) is 0 Å². The van der Waals surface area contributed by atoms with Crippen molar-refractivity contribution in [2.75, 3.05) is 53.6 Å². The fourth-order valence-electron chi connectivity index (χ4n) is 4.16. The number of carbonyl (C=O) groups is 2. The zero-order valence-electron chi connectivity index (χ0n) is 17.7. The number of halogens is 3. The quantitative estimate of drug-likeness (QED) is 0.666. The van der Waals surface area contributed by atoms with Crippen LogP contribution in [0.1, 0.15) is 18.4 Å². The number of likely N-dealkylation sites (tertiary alicyclic amines) is 2. The Morgan fingerprint density at radius 1 is 1.29 bits per heavy atom. The second-order valence-corrected chi connectivity index (χ2v) is 8.61. The number of rotatable bonds is 7. The molecule has 0 radical (unpaired) electrons. The van der Waals surface area contributed by atoms with Gasteiger partial charge in [-0.25, -0.2) is 4.79 Å². The van der Waals surface area contributed by atoms with Crippen molar-refractivity contribution in [3.63, 3.8) is 0 Å². The Morgan fingerprint density at radius 3 is 2.42 bits per heavy atom. The average Bonchev–Trinajstić information content (AvgIpc) is 3.31. The van der Waals surface area contributed by atoms with E-state index in [0.29, 0.717) is 19.8 Å². The molecule has 0 saturated carbocycles. The van der Waals surface area contributed by atoms with E-state index >= 15 is 0 Å². The van der Waals surface area contributed by atoms with E-state index in [-0.39, 0.29) is 17.2 Å². The highest BCUT2D eigenvalue weighted by Crippen LogP contribution is 2.45. The van der Waals surface area contributed by atoms with Crippen molar-refractivity contribution in [3.8, 4) is 0 Å². The number of piperidine rings is 1. The van der Waals surface area contributed by atoms with Crippen molar-refractivity contribution >= 4 is 23.2 Å². The van der Waals surface area contributed by atoms with E-state index in [1.54, 1.807) is 25.6 Å². The van der Waals surface area contributed by atoms with Crippen molar-refractivity contribution in [1.82, 2.24) is 9.80 Å². The average molecular weight is 467 g/mol. The number of carboxylic acids is 1. The first kappa shape index (κ1) is 25.6. The van der Waals surface area contributed by atoms with Gasteiger partial charge in [-0.2, -0.15) is 24.5 Å². The molecule has 3 rings (SSSR count). The molecule has 1 unspecified atom stereocenters. The summed E-state index contributed by atoms with van der Waals surface area (Å²) in [6.07, 6.45) is -2.94. The lowest BCUT2D eigenvalue weighted by atomic mass is 9.71. The molecule has 0 aromatic carbocycles. The summed E-state index contributed by atoms with van der Waals surface area (Å²) in [6, 6.07) is 2.20. The number of hydrogen-bond acceptors (Lipinski definition) is 6. The standard InChI is InChI=1S/C18H28N2O3S.C2HF3O2/c1-22-9-8-20-14-18(16(12-23-2)17(20)21)4-6-19(7-5-18)11-15-3-10-24-13-15;3-2(4,5)1(6)7/h3,10,13,16H,4-9,11-12,14H2,1-2H3;(H,6,7). The van der Waals surface area contributed by atoms with Gasteiger partial charge in [0.05, 0.1) is 19.1 Å². The van der Waals surface area contributed by atoms with Crippen LogP contribution < -0.4 is 0 Å². The number of carbonyl (C=O) groups excluding carboxylic acids is 1. The van der Waals surface area contributed by atoms with Gasteiger partial charge in [0.1, 0.15) is 0 Å². The van der Waals surface area contributed by atoms with E-state index in [1.807, 2.05) is 4.90 Å². The summed E-state index contributed by atoms with van der Waals surface area (Å²) in [5, 5.41) is 11.5. The van der Waals surface area contributed by atoms with Crippen LogP contribution in [0.3, 0.4) is 0 Å². The van der Waals surface area contributed by atoms with Gasteiger partial charge in [-0.15, -0.1) is 0 Å². The van der Waals surface area contributed by atoms with Crippen LogP contribution in [0.15, 0.2) is 16.8 Å². The summed E-state index contributed by atoms with van der Waals surface area (Å²) >= 11 is 1.76. The molecule has 1 aromatic rings. The molecule has 1 N–H and O–H groups in total. The number of amides is 1. The number of nitrogens with zero attached hydrogens (tertiary/aromatic N) is 2. The molecule has 2 aliphatic rings. The Kier molecular flexibility index (Phi) is 9.28. The topological polar surface area (TPSA) is 79.3 Å². The highest BCUT2D eigenvalue weighted by Gasteiger charge is 2.52. The van der Waals surface area contributed by atoms with Crippen LogP contribution in [-0.2, 0) is 25.6 Å². The number of thiophene rings is 1. The molecular formula is C20H29F3N2O5S. The van der Waals surface area contributed by atoms with Crippen LogP contribution in [-0.4, -0.2) is 86.6 Å². The number of alkyl halides is 3. The summed E-state index contributed by atoms with van der Waals surface area (Å²) in [6.45, 7) is 5.82. The molecule has 0 aliphatic carbocycles. The summed E-state index contributed by atoms with van der Waals surface area (Å²) in [5.41, 5.74) is 1.47. The first-order valence-corrected chi connectivity index (χ1v) is 10.9. The Labute approximate surface area is 183 Å². The minimum atomic E-state index is -5.08. The molecule has 2 fully saturated rings. The molecule has 31 heavy (non-hydrogen) atoms. The number of carboxylic acid groups (broad SMARTS) is 1. The maximum absolute atomic E-state index is 12.8. The summed E-state index contributed by atoms with van der Waals surface area (Å²) in [4.78, 5) is 26.2. The van der Waals surface area contributed by atoms with Gasteiger partial charge in [-0.05, 0) is 48.3 Å². The third kappa shape index (κ3) is 6.90. The van der Waals surface area contributed by atoms with E-state index in [2.05, 4.69) is 21.7 Å². The normalized spacial score (nSPS) is 21.3. The van der Waals surface area contributed by atoms with Crippen molar-refractivity contribution in [3.05, 3.63) is 22.4 Å². The second-order valence-electron chi connectivity index (χ2n) is 7.83. The Bertz CT molecular complexity index is 706. The monoisotopic (exact) mass is 466 g/mol. The van der Waals surface area contributed by atoms with Gasteiger partial charge in [-0.1, -0.05) is 0 Å². The van der Waals surface area contributed by atoms with E-state index < -0.39 is 12.1 Å². The molecule has 0 bridgehead atoms. The number of methoxy groups -OCH3 is 2. The first-order valence-electron chi connectivity index (χ1n) is 9.93. The highest BCUT2D eigenvalue weighted by molar-refractivity contribution is 7.07. The van der Waals surface area contributed by atoms with Gasteiger partial charge in [0.2, 0.25) is 5.91 Å². The molecule has 1 atom stereocenters. The fraction of sp³-hybridized carbons (Fsp3) is 0.700. The molecule has 176 valence electrons. The molecule has 7 nitrogen and oxygen atoms in total. The number of ether oxygens (including phenoxy) is 2. The lowest BCUT2D eigenvalue weighted by molar-refractivity contribution is -0.192. The van der Waals surface area contributed by atoms with Crippen molar-refractivity contribution in [1.29, 1.82) is 0 Å². The predicted octanol–water partition coefficient (Wildman–Crippen LogP) is 2.71. The third-order valence-corrected chi connectivity index (χ3v) is 6.57. The maximum atomic E-state index is 12.8. The number of aliphatic carboxylic acids is 1. The van der Waals surface area contributed by atoms with Crippen LogP contribution in [0.2, 0.25) is 0 Å². The minimum Gasteiger partial charge on any atom is -0.475 e. The second kappa shape index (κ2) is 11.3. The molecule has 3 heterocycles. The zero-order valence-corrected chi connectivity index (χ0v) is 18.5. The molecule has 2 aliphatic heterocycles. The molecular weight excluding hydrogens is 437 g/mol. The van der Waals surface area contributed by atoms with E-state index in [0.717, 1.165) is 39.0 Å². The third-order valence-electron chi connectivity index (χ3n) is 5.83. The SMILES string of the molecule is COCCN1CC2(CCN(Cc3ccsc3)CC2)C(COC)C1=O.O=C(O)C(F)(F)F. The predicted molar refractivity (Wildman–Crippen MR) is 109 cm³/mol. The maximum Gasteiger partial charge on any atom is 0.490 e. The van der Waals surface area contributed by atoms with Crippen LogP contribution in [0, 0.1) is 11.3 Å². The molecule has 1 amide bonds. The van der Waals surface area contributed by atoms with E-state index in [1.165, 1.54) is 5.56 Å². The van der Waals surface area contributed by atoms with Crippen LogP contribution >= 0.6 is 11.3 Å². The summed E-state index contributed by atoms with van der Waals surface area (Å²) in [7, 11) is 3.39. The highest BCUT2D eigenvalue weighted by atomic mass is 32.1. The van der Waals surface area contributed by atoms with Gasteiger partial charge in [0.25, 0.3) is 0 Å². The van der Waals surface area contributed by atoms with E-state index in [9.17, 15) is 18.0 Å². The van der Waals surface area contributed by atoms with E-state index in [4.69, 9.17) is 19.4 Å². The van der Waals surface area contributed by atoms with Gasteiger partial charge in [-0.3, -0.25) is 9.69 Å². The van der Waals surface area contributed by atoms with Gasteiger partial charge in [0, 0.05) is 39.3 Å². The van der Waals surface area contributed by atoms with Crippen molar-refractivity contribution in [2.24, 2.45) is 11.3 Å². The largest absolute Gasteiger partial charge is 0.490 e. The lowest BCUT2D eigenvalue weighted by Crippen LogP contribution is -2.45. The molecule has 1 aromatic heterocycles. The fourth-order valence-corrected chi connectivity index (χ4v) is 4.82. The lowest BCUT2D eigenvalue weighted by Gasteiger charge is -2.41. The molecule has 11 heteroatoms. The van der Waals surface area contributed by atoms with Gasteiger partial charge in [0.15, 0.2) is 0 Å². The van der Waals surface area contributed by atoms with Crippen molar-refractivity contribution < 1.29 is 37.3 Å². The first-order chi connectivity index (χ1) is 14.6. The molecule has 2 saturated heterocycles. The summed E-state index contributed by atoms with van der Waals surface area (Å²) in [5.74, 6) is -2.50. The smallest absolute Gasteiger partial charge is 0.475 e. The van der Waals surface area contributed by atoms with Gasteiger partial charge >= 0.3 is 12.1 Å². The minimum absolute atomic E-state index is 0.00246. The van der Waals surface area contributed by atoms with Crippen LogP contribution in [0.4, 0.5) is 13.2 Å². The Morgan fingerprint density at radius 2 is 1.94 bits per heavy atom. The molecule has 1 spiro atoms. The van der Waals surface area contributed by atoms with Crippen molar-refractivity contribution in [2.45, 2.75) is 25.6 Å².